The van der Waals surface area contributed by atoms with Gasteiger partial charge in [0, 0.05) is 29.1 Å². The Morgan fingerprint density at radius 1 is 1.08 bits per heavy atom. The summed E-state index contributed by atoms with van der Waals surface area (Å²) in [7, 11) is 3.11. The average Bonchev–Trinajstić information content (AvgIpc) is 3.11. The minimum absolute atomic E-state index is 0.0144. The Labute approximate surface area is 147 Å². The molecule has 2 heterocycles. The number of hydrogen-bond acceptors (Lipinski definition) is 7. The standard InChI is InChI=1S/C17H13N5O4/c1-25-14-7-12-13(8-15(14)26-2)18-9-21-16(19-20-17(12)21)10-4-3-5-11(6-10)22(23)24/h3-9H,1-2H3. The Bertz CT molecular complexity index is 1150. The van der Waals surface area contributed by atoms with Gasteiger partial charge in [0.1, 0.15) is 6.33 Å². The summed E-state index contributed by atoms with van der Waals surface area (Å²) in [5.41, 5.74) is 1.80. The minimum atomic E-state index is -0.447. The third kappa shape index (κ3) is 2.37. The molecule has 0 spiro atoms. The number of fused-ring (bicyclic) bond motifs is 3. The fourth-order valence-corrected chi connectivity index (χ4v) is 2.81. The lowest BCUT2D eigenvalue weighted by atomic mass is 10.2. The Morgan fingerprint density at radius 2 is 1.85 bits per heavy atom. The summed E-state index contributed by atoms with van der Waals surface area (Å²) in [6, 6.07) is 9.77. The van der Waals surface area contributed by atoms with E-state index in [-0.39, 0.29) is 5.69 Å². The van der Waals surface area contributed by atoms with Crippen molar-refractivity contribution < 1.29 is 14.4 Å². The zero-order chi connectivity index (χ0) is 18.3. The van der Waals surface area contributed by atoms with Crippen LogP contribution in [0.25, 0.3) is 27.9 Å². The second-order valence-electron chi connectivity index (χ2n) is 5.49. The first kappa shape index (κ1) is 15.8. The molecule has 0 radical (unpaired) electrons. The minimum Gasteiger partial charge on any atom is -0.493 e. The number of hydrogen-bond donors (Lipinski definition) is 0. The number of non-ortho nitro benzene ring substituents is 1. The van der Waals surface area contributed by atoms with Crippen LogP contribution in [0.4, 0.5) is 5.69 Å². The van der Waals surface area contributed by atoms with Gasteiger partial charge in [0.15, 0.2) is 23.0 Å². The van der Waals surface area contributed by atoms with Gasteiger partial charge in [-0.1, -0.05) is 12.1 Å². The van der Waals surface area contributed by atoms with E-state index in [0.717, 1.165) is 5.39 Å². The third-order valence-electron chi connectivity index (χ3n) is 4.07. The van der Waals surface area contributed by atoms with E-state index in [1.807, 2.05) is 0 Å². The fourth-order valence-electron chi connectivity index (χ4n) is 2.81. The van der Waals surface area contributed by atoms with Gasteiger partial charge in [-0.2, -0.15) is 0 Å². The Hall–Kier alpha value is -3.75. The van der Waals surface area contributed by atoms with Crippen molar-refractivity contribution in [3.05, 3.63) is 52.8 Å². The maximum atomic E-state index is 11.0. The van der Waals surface area contributed by atoms with Crippen molar-refractivity contribution in [2.75, 3.05) is 14.2 Å². The van der Waals surface area contributed by atoms with Crippen molar-refractivity contribution >= 4 is 22.2 Å². The second-order valence-corrected chi connectivity index (χ2v) is 5.49. The highest BCUT2D eigenvalue weighted by molar-refractivity contribution is 5.94. The molecule has 2 aromatic heterocycles. The molecule has 0 unspecified atom stereocenters. The van der Waals surface area contributed by atoms with Crippen molar-refractivity contribution in [2.45, 2.75) is 0 Å². The van der Waals surface area contributed by atoms with Crippen LogP contribution in [0, 0.1) is 10.1 Å². The lowest BCUT2D eigenvalue weighted by Gasteiger charge is -2.09. The molecule has 2 aromatic carbocycles. The van der Waals surface area contributed by atoms with E-state index >= 15 is 0 Å². The van der Waals surface area contributed by atoms with Crippen molar-refractivity contribution in [2.24, 2.45) is 0 Å². The molecule has 0 amide bonds. The molecule has 0 aliphatic heterocycles. The molecular weight excluding hydrogens is 338 g/mol. The largest absolute Gasteiger partial charge is 0.493 e. The van der Waals surface area contributed by atoms with Crippen molar-refractivity contribution in [3.63, 3.8) is 0 Å². The molecule has 9 nitrogen and oxygen atoms in total. The van der Waals surface area contributed by atoms with Crippen LogP contribution < -0.4 is 9.47 Å². The molecule has 9 heteroatoms. The maximum Gasteiger partial charge on any atom is 0.270 e. The number of methoxy groups -OCH3 is 2. The molecule has 0 bridgehead atoms. The molecule has 130 valence electrons. The van der Waals surface area contributed by atoms with Crippen LogP contribution in [0.2, 0.25) is 0 Å². The summed E-state index contributed by atoms with van der Waals surface area (Å²) in [5.74, 6) is 1.58. The van der Waals surface area contributed by atoms with E-state index in [4.69, 9.17) is 9.47 Å². The number of aromatic nitrogens is 4. The molecule has 0 saturated carbocycles. The highest BCUT2D eigenvalue weighted by Crippen LogP contribution is 2.33. The number of ether oxygens (including phenoxy) is 2. The summed E-state index contributed by atoms with van der Waals surface area (Å²) in [6.45, 7) is 0. The Morgan fingerprint density at radius 3 is 2.58 bits per heavy atom. The number of nitro groups is 1. The first-order valence-electron chi connectivity index (χ1n) is 7.62. The highest BCUT2D eigenvalue weighted by Gasteiger charge is 2.16. The lowest BCUT2D eigenvalue weighted by Crippen LogP contribution is -1.96. The van der Waals surface area contributed by atoms with E-state index < -0.39 is 4.92 Å². The fraction of sp³-hybridized carbons (Fsp3) is 0.118. The molecule has 4 rings (SSSR count). The number of rotatable bonds is 4. The van der Waals surface area contributed by atoms with Gasteiger partial charge in [0.25, 0.3) is 5.69 Å². The highest BCUT2D eigenvalue weighted by atomic mass is 16.6. The zero-order valence-corrected chi connectivity index (χ0v) is 13.9. The van der Waals surface area contributed by atoms with E-state index in [1.54, 1.807) is 49.2 Å². The van der Waals surface area contributed by atoms with E-state index in [0.29, 0.717) is 34.1 Å². The van der Waals surface area contributed by atoms with Crippen molar-refractivity contribution in [1.29, 1.82) is 0 Å². The molecular formula is C17H13N5O4. The van der Waals surface area contributed by atoms with Crippen LogP contribution in [-0.4, -0.2) is 38.7 Å². The van der Waals surface area contributed by atoms with Gasteiger partial charge in [0.05, 0.1) is 24.7 Å². The lowest BCUT2D eigenvalue weighted by molar-refractivity contribution is -0.384. The van der Waals surface area contributed by atoms with E-state index in [1.165, 1.54) is 12.1 Å². The first-order valence-corrected chi connectivity index (χ1v) is 7.62. The second kappa shape index (κ2) is 5.96. The predicted octanol–water partition coefficient (Wildman–Crippen LogP) is 2.87. The predicted molar refractivity (Wildman–Crippen MR) is 93.5 cm³/mol. The van der Waals surface area contributed by atoms with E-state index in [2.05, 4.69) is 15.2 Å². The Balaban J connectivity index is 1.95. The number of nitro benzene ring substituents is 1. The van der Waals surface area contributed by atoms with Gasteiger partial charge < -0.3 is 9.47 Å². The zero-order valence-electron chi connectivity index (χ0n) is 13.9. The molecule has 0 N–H and O–H groups in total. The van der Waals surface area contributed by atoms with Crippen LogP contribution in [0.5, 0.6) is 11.5 Å². The summed E-state index contributed by atoms with van der Waals surface area (Å²) in [6.07, 6.45) is 1.58. The number of benzene rings is 2. The van der Waals surface area contributed by atoms with Gasteiger partial charge >= 0.3 is 0 Å². The van der Waals surface area contributed by atoms with Crippen LogP contribution in [0.1, 0.15) is 0 Å². The first-order chi connectivity index (χ1) is 12.6. The maximum absolute atomic E-state index is 11.0. The van der Waals surface area contributed by atoms with Crippen LogP contribution in [-0.2, 0) is 0 Å². The van der Waals surface area contributed by atoms with Gasteiger partial charge in [-0.05, 0) is 6.07 Å². The summed E-state index contributed by atoms with van der Waals surface area (Å²) in [4.78, 5) is 15.0. The summed E-state index contributed by atoms with van der Waals surface area (Å²) < 4.78 is 12.3. The molecule has 0 fully saturated rings. The summed E-state index contributed by atoms with van der Waals surface area (Å²) in [5, 5.41) is 20.2. The number of nitrogens with zero attached hydrogens (tertiary/aromatic N) is 5. The van der Waals surface area contributed by atoms with Gasteiger partial charge in [-0.25, -0.2) is 4.98 Å². The van der Waals surface area contributed by atoms with Crippen LogP contribution >= 0.6 is 0 Å². The molecule has 4 aromatic rings. The Kier molecular flexibility index (Phi) is 3.61. The molecule has 0 atom stereocenters. The smallest absolute Gasteiger partial charge is 0.270 e. The van der Waals surface area contributed by atoms with Crippen LogP contribution in [0.3, 0.4) is 0 Å². The quantitative estimate of drug-likeness (QED) is 0.411. The van der Waals surface area contributed by atoms with Crippen LogP contribution in [0.15, 0.2) is 42.7 Å². The summed E-state index contributed by atoms with van der Waals surface area (Å²) >= 11 is 0. The van der Waals surface area contributed by atoms with Crippen molar-refractivity contribution in [1.82, 2.24) is 19.6 Å². The average molecular weight is 351 g/mol. The SMILES string of the molecule is COc1cc2ncn3c(-c4cccc([N+](=O)[O-])c4)nnc3c2cc1OC. The molecule has 0 saturated heterocycles. The van der Waals surface area contributed by atoms with E-state index in [9.17, 15) is 10.1 Å². The van der Waals surface area contributed by atoms with Gasteiger partial charge in [0.2, 0.25) is 0 Å². The topological polar surface area (TPSA) is 105 Å². The molecule has 0 aliphatic rings. The third-order valence-corrected chi connectivity index (χ3v) is 4.07. The van der Waals surface area contributed by atoms with Gasteiger partial charge in [-0.3, -0.25) is 14.5 Å². The molecule has 26 heavy (non-hydrogen) atoms. The monoisotopic (exact) mass is 351 g/mol. The normalized spacial score (nSPS) is 11.0. The van der Waals surface area contributed by atoms with Crippen molar-refractivity contribution in [3.8, 4) is 22.9 Å². The molecule has 0 aliphatic carbocycles. The van der Waals surface area contributed by atoms with Gasteiger partial charge in [-0.15, -0.1) is 10.2 Å².